The molecule has 0 heterocycles. The van der Waals surface area contributed by atoms with Crippen molar-refractivity contribution in [3.8, 4) is 5.75 Å². The van der Waals surface area contributed by atoms with E-state index in [1.807, 2.05) is 0 Å². The third-order valence-electron chi connectivity index (χ3n) is 3.43. The smallest absolute Gasteiger partial charge is 0.296 e. The first-order valence-corrected chi connectivity index (χ1v) is 7.70. The second-order valence-corrected chi connectivity index (χ2v) is 5.21. The molecule has 0 atom stereocenters. The van der Waals surface area contributed by atoms with Gasteiger partial charge in [-0.25, -0.2) is 0 Å². The van der Waals surface area contributed by atoms with Crippen molar-refractivity contribution in [1.82, 2.24) is 0 Å². The van der Waals surface area contributed by atoms with Crippen molar-refractivity contribution in [2.45, 2.75) is 51.9 Å². The number of amides is 1. The molecule has 0 aliphatic heterocycles. The molecule has 0 saturated carbocycles. The van der Waals surface area contributed by atoms with Crippen LogP contribution in [0, 0.1) is 10.1 Å². The van der Waals surface area contributed by atoms with Crippen LogP contribution in [0.25, 0.3) is 0 Å². The largest absolute Gasteiger partial charge is 0.496 e. The van der Waals surface area contributed by atoms with Crippen molar-refractivity contribution >= 4 is 17.3 Å². The van der Waals surface area contributed by atoms with E-state index in [0.717, 1.165) is 19.3 Å². The van der Waals surface area contributed by atoms with Crippen molar-refractivity contribution in [3.63, 3.8) is 0 Å². The molecule has 0 radical (unpaired) electrons. The molecule has 0 bridgehead atoms. The molecule has 1 aromatic rings. The molecule has 0 saturated heterocycles. The molecule has 1 rings (SSSR count). The van der Waals surface area contributed by atoms with Gasteiger partial charge in [0, 0.05) is 6.42 Å². The molecule has 1 amide bonds. The SMILES string of the molecule is CCCCCCCCC(=O)Nc1ccc(OC)cc1[N+](=O)[O-]. The van der Waals surface area contributed by atoms with Gasteiger partial charge in [0.25, 0.3) is 5.69 Å². The Balaban J connectivity index is 2.48. The summed E-state index contributed by atoms with van der Waals surface area (Å²) in [5.41, 5.74) is 0.0532. The summed E-state index contributed by atoms with van der Waals surface area (Å²) >= 11 is 0. The normalized spacial score (nSPS) is 10.3. The van der Waals surface area contributed by atoms with Gasteiger partial charge in [0.1, 0.15) is 11.4 Å². The summed E-state index contributed by atoms with van der Waals surface area (Å²) in [6.07, 6.45) is 6.95. The van der Waals surface area contributed by atoms with E-state index in [9.17, 15) is 14.9 Å². The zero-order valence-corrected chi connectivity index (χ0v) is 13.3. The van der Waals surface area contributed by atoms with Gasteiger partial charge in [0.05, 0.1) is 18.1 Å². The van der Waals surface area contributed by atoms with Gasteiger partial charge in [-0.05, 0) is 18.6 Å². The van der Waals surface area contributed by atoms with Gasteiger partial charge in [-0.1, -0.05) is 39.0 Å². The monoisotopic (exact) mass is 308 g/mol. The number of nitrogens with zero attached hydrogens (tertiary/aromatic N) is 1. The Labute approximate surface area is 131 Å². The number of nitrogens with one attached hydrogen (secondary N) is 1. The molecule has 0 unspecified atom stereocenters. The Morgan fingerprint density at radius 1 is 1.23 bits per heavy atom. The number of carbonyl (C=O) groups excluding carboxylic acids is 1. The molecule has 6 nitrogen and oxygen atoms in total. The van der Waals surface area contributed by atoms with E-state index < -0.39 is 4.92 Å². The molecule has 1 N–H and O–H groups in total. The second-order valence-electron chi connectivity index (χ2n) is 5.21. The fourth-order valence-corrected chi connectivity index (χ4v) is 2.17. The zero-order valence-electron chi connectivity index (χ0n) is 13.3. The Morgan fingerprint density at radius 2 is 1.91 bits per heavy atom. The summed E-state index contributed by atoms with van der Waals surface area (Å²) in [5, 5.41) is 13.6. The second kappa shape index (κ2) is 9.76. The number of unbranched alkanes of at least 4 members (excludes halogenated alkanes) is 5. The zero-order chi connectivity index (χ0) is 16.4. The molecule has 6 heteroatoms. The first kappa shape index (κ1) is 17.9. The lowest BCUT2D eigenvalue weighted by molar-refractivity contribution is -0.384. The number of benzene rings is 1. The third kappa shape index (κ3) is 6.11. The summed E-state index contributed by atoms with van der Waals surface area (Å²) in [5.74, 6) is 0.199. The van der Waals surface area contributed by atoms with Crippen molar-refractivity contribution in [3.05, 3.63) is 28.3 Å². The number of nitro groups is 1. The predicted molar refractivity (Wildman–Crippen MR) is 86.3 cm³/mol. The molecule has 122 valence electrons. The highest BCUT2D eigenvalue weighted by Crippen LogP contribution is 2.29. The van der Waals surface area contributed by atoms with Crippen LogP contribution in [-0.2, 0) is 4.79 Å². The van der Waals surface area contributed by atoms with E-state index in [4.69, 9.17) is 4.74 Å². The minimum atomic E-state index is -0.525. The van der Waals surface area contributed by atoms with Gasteiger partial charge in [-0.3, -0.25) is 14.9 Å². The minimum absolute atomic E-state index is 0.157. The van der Waals surface area contributed by atoms with Crippen molar-refractivity contribution in [2.75, 3.05) is 12.4 Å². The fraction of sp³-hybridized carbons (Fsp3) is 0.562. The van der Waals surface area contributed by atoms with Crippen LogP contribution < -0.4 is 10.1 Å². The Bertz CT molecular complexity index is 503. The van der Waals surface area contributed by atoms with Gasteiger partial charge in [0.15, 0.2) is 0 Å². The van der Waals surface area contributed by atoms with Crippen molar-refractivity contribution in [1.29, 1.82) is 0 Å². The number of methoxy groups -OCH3 is 1. The van der Waals surface area contributed by atoms with Crippen LogP contribution in [0.15, 0.2) is 18.2 Å². The summed E-state index contributed by atoms with van der Waals surface area (Å²) in [4.78, 5) is 22.4. The summed E-state index contributed by atoms with van der Waals surface area (Å²) in [6, 6.07) is 4.39. The number of rotatable bonds is 10. The van der Waals surface area contributed by atoms with Gasteiger partial charge in [0.2, 0.25) is 5.91 Å². The lowest BCUT2D eigenvalue weighted by Crippen LogP contribution is -2.12. The van der Waals surface area contributed by atoms with Crippen LogP contribution in [0.5, 0.6) is 5.75 Å². The highest BCUT2D eigenvalue weighted by Gasteiger charge is 2.16. The topological polar surface area (TPSA) is 81.5 Å². The lowest BCUT2D eigenvalue weighted by atomic mass is 10.1. The number of hydrogen-bond donors (Lipinski definition) is 1. The predicted octanol–water partition coefficient (Wildman–Crippen LogP) is 4.29. The lowest BCUT2D eigenvalue weighted by Gasteiger charge is -2.07. The molecule has 1 aromatic carbocycles. The van der Waals surface area contributed by atoms with Gasteiger partial charge in [-0.2, -0.15) is 0 Å². The quantitative estimate of drug-likeness (QED) is 0.397. The minimum Gasteiger partial charge on any atom is -0.496 e. The van der Waals surface area contributed by atoms with Crippen LogP contribution in [0.3, 0.4) is 0 Å². The van der Waals surface area contributed by atoms with Crippen LogP contribution >= 0.6 is 0 Å². The van der Waals surface area contributed by atoms with E-state index >= 15 is 0 Å². The van der Waals surface area contributed by atoms with Crippen LogP contribution in [0.2, 0.25) is 0 Å². The first-order chi connectivity index (χ1) is 10.6. The summed E-state index contributed by atoms with van der Waals surface area (Å²) < 4.78 is 4.96. The first-order valence-electron chi connectivity index (χ1n) is 7.70. The highest BCUT2D eigenvalue weighted by molar-refractivity contribution is 5.93. The average Bonchev–Trinajstić information content (AvgIpc) is 2.51. The number of nitro benzene ring substituents is 1. The average molecular weight is 308 g/mol. The molecule has 0 aliphatic carbocycles. The van der Waals surface area contributed by atoms with Gasteiger partial charge < -0.3 is 10.1 Å². The number of ether oxygens (including phenoxy) is 1. The number of carbonyl (C=O) groups is 1. The number of hydrogen-bond acceptors (Lipinski definition) is 4. The molecule has 0 aromatic heterocycles. The third-order valence-corrected chi connectivity index (χ3v) is 3.43. The van der Waals surface area contributed by atoms with Gasteiger partial charge >= 0.3 is 0 Å². The molecule has 0 fully saturated rings. The Hall–Kier alpha value is -2.11. The fourth-order valence-electron chi connectivity index (χ4n) is 2.17. The Kier molecular flexibility index (Phi) is 7.96. The van der Waals surface area contributed by atoms with Gasteiger partial charge in [-0.15, -0.1) is 0 Å². The van der Waals surface area contributed by atoms with Crippen molar-refractivity contribution < 1.29 is 14.5 Å². The number of anilines is 1. The molecular formula is C16H24N2O4. The molecule has 22 heavy (non-hydrogen) atoms. The maximum absolute atomic E-state index is 11.9. The van der Waals surface area contributed by atoms with Crippen molar-refractivity contribution in [2.24, 2.45) is 0 Å². The maximum atomic E-state index is 11.9. The van der Waals surface area contributed by atoms with E-state index in [2.05, 4.69) is 12.2 Å². The van der Waals surface area contributed by atoms with Crippen LogP contribution in [0.1, 0.15) is 51.9 Å². The molecular weight excluding hydrogens is 284 g/mol. The summed E-state index contributed by atoms with van der Waals surface area (Å²) in [7, 11) is 1.44. The summed E-state index contributed by atoms with van der Waals surface area (Å²) in [6.45, 7) is 2.16. The maximum Gasteiger partial charge on any atom is 0.296 e. The standard InChI is InChI=1S/C16H24N2O4/c1-3-4-5-6-7-8-9-16(19)17-14-11-10-13(22-2)12-15(14)18(20)21/h10-12H,3-9H2,1-2H3,(H,17,19). The molecule has 0 aliphatic rings. The van der Waals surface area contributed by atoms with Crippen LogP contribution in [0.4, 0.5) is 11.4 Å². The van der Waals surface area contributed by atoms with E-state index in [1.54, 1.807) is 6.07 Å². The highest BCUT2D eigenvalue weighted by atomic mass is 16.6. The van der Waals surface area contributed by atoms with Crippen LogP contribution in [-0.4, -0.2) is 17.9 Å². The van der Waals surface area contributed by atoms with E-state index in [-0.39, 0.29) is 17.3 Å². The Morgan fingerprint density at radius 3 is 2.55 bits per heavy atom. The molecule has 0 spiro atoms. The van der Waals surface area contributed by atoms with E-state index in [0.29, 0.717) is 12.2 Å². The van der Waals surface area contributed by atoms with E-state index in [1.165, 1.54) is 38.5 Å².